The van der Waals surface area contributed by atoms with Crippen molar-refractivity contribution in [3.63, 3.8) is 0 Å². The number of hydrogen-bond donors (Lipinski definition) is 2. The minimum atomic E-state index is -0.965. The molecule has 1 fully saturated rings. The Labute approximate surface area is 141 Å². The monoisotopic (exact) mass is 333 g/mol. The minimum Gasteiger partial charge on any atom is -0.486 e. The van der Waals surface area contributed by atoms with Crippen LogP contribution in [-0.4, -0.2) is 36.2 Å². The van der Waals surface area contributed by atoms with Gasteiger partial charge in [-0.05, 0) is 36.5 Å². The van der Waals surface area contributed by atoms with E-state index in [9.17, 15) is 14.7 Å². The fourth-order valence-electron chi connectivity index (χ4n) is 3.09. The summed E-state index contributed by atoms with van der Waals surface area (Å²) in [6.45, 7) is 3.08. The number of carbonyl (C=O) groups is 2. The molecule has 6 nitrogen and oxygen atoms in total. The number of ether oxygens (including phenoxy) is 2. The Morgan fingerprint density at radius 1 is 1.29 bits per heavy atom. The van der Waals surface area contributed by atoms with E-state index in [0.717, 1.165) is 36.3 Å². The Bertz CT molecular complexity index is 630. The first-order chi connectivity index (χ1) is 11.6. The summed E-state index contributed by atoms with van der Waals surface area (Å²) in [4.78, 5) is 23.6. The van der Waals surface area contributed by atoms with E-state index < -0.39 is 12.0 Å². The number of nitrogens with one attached hydrogen (secondary N) is 1. The van der Waals surface area contributed by atoms with Crippen molar-refractivity contribution in [2.45, 2.75) is 44.6 Å². The van der Waals surface area contributed by atoms with Gasteiger partial charge in [-0.15, -0.1) is 0 Å². The third-order valence-corrected chi connectivity index (χ3v) is 4.58. The summed E-state index contributed by atoms with van der Waals surface area (Å²) in [6, 6.07) is 4.97. The first kappa shape index (κ1) is 16.6. The molecule has 2 N–H and O–H groups in total. The van der Waals surface area contributed by atoms with Crippen molar-refractivity contribution in [2.24, 2.45) is 5.92 Å². The molecule has 2 aliphatic rings. The van der Waals surface area contributed by atoms with Crippen molar-refractivity contribution in [1.82, 2.24) is 5.32 Å². The molecule has 0 aromatic heterocycles. The van der Waals surface area contributed by atoms with Gasteiger partial charge in [0.2, 0.25) is 5.91 Å². The van der Waals surface area contributed by atoms with Gasteiger partial charge in [-0.2, -0.15) is 0 Å². The van der Waals surface area contributed by atoms with E-state index in [1.165, 1.54) is 0 Å². The molecule has 0 bridgehead atoms. The predicted octanol–water partition coefficient (Wildman–Crippen LogP) is 2.32. The highest BCUT2D eigenvalue weighted by Gasteiger charge is 2.45. The van der Waals surface area contributed by atoms with Crippen LogP contribution in [0.15, 0.2) is 18.2 Å². The molecule has 1 aromatic carbocycles. The van der Waals surface area contributed by atoms with E-state index in [1.807, 2.05) is 25.1 Å². The summed E-state index contributed by atoms with van der Waals surface area (Å²) >= 11 is 0. The van der Waals surface area contributed by atoms with Crippen LogP contribution in [0.3, 0.4) is 0 Å². The van der Waals surface area contributed by atoms with Crippen LogP contribution < -0.4 is 14.8 Å². The van der Waals surface area contributed by atoms with Gasteiger partial charge in [0.1, 0.15) is 19.3 Å². The van der Waals surface area contributed by atoms with Gasteiger partial charge >= 0.3 is 5.97 Å². The number of rotatable bonds is 7. The van der Waals surface area contributed by atoms with Crippen LogP contribution in [0, 0.1) is 5.92 Å². The van der Waals surface area contributed by atoms with Gasteiger partial charge in [0, 0.05) is 5.92 Å². The predicted molar refractivity (Wildman–Crippen MR) is 87.4 cm³/mol. The fourth-order valence-corrected chi connectivity index (χ4v) is 3.09. The summed E-state index contributed by atoms with van der Waals surface area (Å²) in [5.74, 6) is 0.289. The first-order valence-electron chi connectivity index (χ1n) is 8.53. The van der Waals surface area contributed by atoms with E-state index in [4.69, 9.17) is 9.47 Å². The van der Waals surface area contributed by atoms with Gasteiger partial charge in [0.25, 0.3) is 0 Å². The van der Waals surface area contributed by atoms with Crippen molar-refractivity contribution in [3.8, 4) is 11.5 Å². The van der Waals surface area contributed by atoms with E-state index in [-0.39, 0.29) is 17.7 Å². The molecule has 1 aliphatic heterocycles. The first-order valence-corrected chi connectivity index (χ1v) is 8.53. The number of hydrogen-bond acceptors (Lipinski definition) is 4. The largest absolute Gasteiger partial charge is 0.486 e. The molecular formula is C18H23NO5. The van der Waals surface area contributed by atoms with Gasteiger partial charge in [-0.25, -0.2) is 4.79 Å². The molecule has 24 heavy (non-hydrogen) atoms. The molecular weight excluding hydrogens is 310 g/mol. The third-order valence-electron chi connectivity index (χ3n) is 4.58. The SMILES string of the molecule is CCCC[C@H](NC(=O)C1CC1c1ccc2c(c1)OCCO2)C(=O)O. The Hall–Kier alpha value is -2.24. The van der Waals surface area contributed by atoms with Gasteiger partial charge in [0.15, 0.2) is 11.5 Å². The maximum absolute atomic E-state index is 12.3. The number of aliphatic carboxylic acids is 1. The Balaban J connectivity index is 1.60. The van der Waals surface area contributed by atoms with Crippen molar-refractivity contribution in [2.75, 3.05) is 13.2 Å². The highest BCUT2D eigenvalue weighted by Crippen LogP contribution is 2.49. The highest BCUT2D eigenvalue weighted by atomic mass is 16.6. The van der Waals surface area contributed by atoms with Gasteiger partial charge < -0.3 is 19.9 Å². The van der Waals surface area contributed by atoms with Gasteiger partial charge in [0.05, 0.1) is 0 Å². The van der Waals surface area contributed by atoms with Crippen molar-refractivity contribution in [3.05, 3.63) is 23.8 Å². The molecule has 130 valence electrons. The lowest BCUT2D eigenvalue weighted by Gasteiger charge is -2.19. The molecule has 1 heterocycles. The van der Waals surface area contributed by atoms with Gasteiger partial charge in [-0.1, -0.05) is 25.8 Å². The zero-order valence-corrected chi connectivity index (χ0v) is 13.8. The lowest BCUT2D eigenvalue weighted by Crippen LogP contribution is -2.41. The molecule has 0 radical (unpaired) electrons. The third kappa shape index (κ3) is 3.63. The van der Waals surface area contributed by atoms with Crippen LogP contribution in [0.1, 0.15) is 44.1 Å². The van der Waals surface area contributed by atoms with Crippen LogP contribution in [0.2, 0.25) is 0 Å². The average Bonchev–Trinajstić information content (AvgIpc) is 3.38. The van der Waals surface area contributed by atoms with E-state index in [1.54, 1.807) is 0 Å². The van der Waals surface area contributed by atoms with E-state index in [0.29, 0.717) is 19.6 Å². The number of carboxylic acid groups (broad SMARTS) is 1. The molecule has 1 aromatic rings. The second-order valence-electron chi connectivity index (χ2n) is 6.39. The average molecular weight is 333 g/mol. The smallest absolute Gasteiger partial charge is 0.326 e. The lowest BCUT2D eigenvalue weighted by molar-refractivity contribution is -0.142. The van der Waals surface area contributed by atoms with Crippen molar-refractivity contribution < 1.29 is 24.2 Å². The summed E-state index contributed by atoms with van der Waals surface area (Å²) in [6.07, 6.45) is 2.90. The number of fused-ring (bicyclic) bond motifs is 1. The Kier molecular flexibility index (Phi) is 4.92. The zero-order chi connectivity index (χ0) is 17.1. The highest BCUT2D eigenvalue weighted by molar-refractivity contribution is 5.87. The summed E-state index contributed by atoms with van der Waals surface area (Å²) < 4.78 is 11.1. The van der Waals surface area contributed by atoms with Gasteiger partial charge in [-0.3, -0.25) is 4.79 Å². The number of carbonyl (C=O) groups excluding carboxylic acids is 1. The van der Waals surface area contributed by atoms with E-state index >= 15 is 0 Å². The van der Waals surface area contributed by atoms with Crippen LogP contribution in [-0.2, 0) is 9.59 Å². The van der Waals surface area contributed by atoms with Crippen molar-refractivity contribution >= 4 is 11.9 Å². The van der Waals surface area contributed by atoms with Crippen molar-refractivity contribution in [1.29, 1.82) is 0 Å². The molecule has 2 unspecified atom stereocenters. The normalized spacial score (nSPS) is 22.5. The zero-order valence-electron chi connectivity index (χ0n) is 13.8. The number of carboxylic acids is 1. The molecule has 1 amide bonds. The summed E-state index contributed by atoms with van der Waals surface area (Å²) in [7, 11) is 0. The maximum Gasteiger partial charge on any atom is 0.326 e. The maximum atomic E-state index is 12.3. The quantitative estimate of drug-likeness (QED) is 0.800. The molecule has 0 spiro atoms. The molecule has 1 aliphatic carbocycles. The molecule has 3 rings (SSSR count). The molecule has 6 heteroatoms. The van der Waals surface area contributed by atoms with Crippen LogP contribution in [0.25, 0.3) is 0 Å². The number of benzene rings is 1. The summed E-state index contributed by atoms with van der Waals surface area (Å²) in [5.41, 5.74) is 1.04. The van der Waals surface area contributed by atoms with Crippen LogP contribution >= 0.6 is 0 Å². The molecule has 1 saturated carbocycles. The lowest BCUT2D eigenvalue weighted by atomic mass is 10.1. The molecule has 3 atom stereocenters. The number of unbranched alkanes of at least 4 members (excludes halogenated alkanes) is 1. The fraction of sp³-hybridized carbons (Fsp3) is 0.556. The van der Waals surface area contributed by atoms with Crippen LogP contribution in [0.4, 0.5) is 0 Å². The summed E-state index contributed by atoms with van der Waals surface area (Å²) in [5, 5.41) is 11.9. The van der Waals surface area contributed by atoms with E-state index in [2.05, 4.69) is 5.32 Å². The standard InChI is InChI=1S/C18H23NO5/c1-2-3-4-14(18(21)22)19-17(20)13-10-12(13)11-5-6-15-16(9-11)24-8-7-23-15/h5-6,9,12-14H,2-4,7-8,10H2,1H3,(H,19,20)(H,21,22)/t12?,13?,14-/m0/s1. The topological polar surface area (TPSA) is 84.9 Å². The second-order valence-corrected chi connectivity index (χ2v) is 6.39. The Morgan fingerprint density at radius 3 is 2.75 bits per heavy atom. The minimum absolute atomic E-state index is 0.126. The second kappa shape index (κ2) is 7.11. The number of amides is 1. The molecule has 0 saturated heterocycles. The van der Waals surface area contributed by atoms with Crippen LogP contribution in [0.5, 0.6) is 11.5 Å². The Morgan fingerprint density at radius 2 is 2.04 bits per heavy atom.